The molecule has 122 valence electrons. The monoisotopic (exact) mass is 339 g/mol. The zero-order valence-corrected chi connectivity index (χ0v) is 13.8. The highest BCUT2D eigenvalue weighted by Gasteiger charge is 2.21. The Hall–Kier alpha value is -2.41. The van der Waals surface area contributed by atoms with E-state index in [1.165, 1.54) is 29.2 Å². The second-order valence-corrected chi connectivity index (χ2v) is 6.74. The molecule has 0 radical (unpaired) electrons. The second-order valence-electron chi connectivity index (χ2n) is 5.78. The van der Waals surface area contributed by atoms with E-state index in [2.05, 4.69) is 43.5 Å². The molecule has 7 heteroatoms. The molecule has 0 aliphatic heterocycles. The summed E-state index contributed by atoms with van der Waals surface area (Å²) in [5.41, 5.74) is 3.99. The summed E-state index contributed by atoms with van der Waals surface area (Å²) in [7, 11) is 0. The molecule has 24 heavy (non-hydrogen) atoms. The van der Waals surface area contributed by atoms with Gasteiger partial charge < -0.3 is 10.3 Å². The van der Waals surface area contributed by atoms with Gasteiger partial charge in [0.15, 0.2) is 5.65 Å². The fourth-order valence-electron chi connectivity index (χ4n) is 3.13. The van der Waals surface area contributed by atoms with Gasteiger partial charge in [0, 0.05) is 0 Å². The maximum Gasteiger partial charge on any atom is 0.230 e. The molecule has 2 aromatic heterocycles. The van der Waals surface area contributed by atoms with Crippen molar-refractivity contribution in [3.63, 3.8) is 0 Å². The number of thioether (sulfide) groups is 1. The SMILES string of the molecule is O=C(CSc1ncnc2nc[nH]c12)NC1CCCc2ccccc21. The Kier molecular flexibility index (Phi) is 4.17. The number of hydrogen-bond acceptors (Lipinski definition) is 5. The van der Waals surface area contributed by atoms with Crippen LogP contribution in [-0.2, 0) is 11.2 Å². The Morgan fingerprint density at radius 1 is 1.29 bits per heavy atom. The second kappa shape index (κ2) is 6.60. The molecule has 4 rings (SSSR count). The smallest absolute Gasteiger partial charge is 0.230 e. The molecule has 1 unspecified atom stereocenters. The van der Waals surface area contributed by atoms with Gasteiger partial charge in [-0.15, -0.1) is 0 Å². The number of H-pyrrole nitrogens is 1. The lowest BCUT2D eigenvalue weighted by Gasteiger charge is -2.26. The number of aromatic nitrogens is 4. The average molecular weight is 339 g/mol. The zero-order chi connectivity index (χ0) is 16.4. The van der Waals surface area contributed by atoms with Gasteiger partial charge in [0.25, 0.3) is 0 Å². The van der Waals surface area contributed by atoms with Crippen LogP contribution in [0.25, 0.3) is 11.2 Å². The molecule has 1 atom stereocenters. The summed E-state index contributed by atoms with van der Waals surface area (Å²) in [6.45, 7) is 0. The van der Waals surface area contributed by atoms with E-state index < -0.39 is 0 Å². The first kappa shape index (κ1) is 15.1. The van der Waals surface area contributed by atoms with Gasteiger partial charge >= 0.3 is 0 Å². The summed E-state index contributed by atoms with van der Waals surface area (Å²) in [5, 5.41) is 3.91. The summed E-state index contributed by atoms with van der Waals surface area (Å²) >= 11 is 1.40. The van der Waals surface area contributed by atoms with Gasteiger partial charge in [0.1, 0.15) is 16.9 Å². The summed E-state index contributed by atoms with van der Waals surface area (Å²) in [6.07, 6.45) is 6.25. The van der Waals surface area contributed by atoms with Gasteiger partial charge in [-0.2, -0.15) is 0 Å². The van der Waals surface area contributed by atoms with Crippen molar-refractivity contribution in [2.45, 2.75) is 30.3 Å². The molecule has 1 aliphatic carbocycles. The number of nitrogens with one attached hydrogen (secondary N) is 2. The molecular weight excluding hydrogens is 322 g/mol. The van der Waals surface area contributed by atoms with Gasteiger partial charge in [0.05, 0.1) is 18.1 Å². The Balaban J connectivity index is 1.42. The van der Waals surface area contributed by atoms with Crippen molar-refractivity contribution in [2.75, 3.05) is 5.75 Å². The summed E-state index contributed by atoms with van der Waals surface area (Å²) in [6, 6.07) is 8.47. The van der Waals surface area contributed by atoms with Crippen molar-refractivity contribution in [1.29, 1.82) is 0 Å². The van der Waals surface area contributed by atoms with Crippen LogP contribution < -0.4 is 5.32 Å². The molecule has 6 nitrogen and oxygen atoms in total. The Morgan fingerprint density at radius 3 is 3.17 bits per heavy atom. The van der Waals surface area contributed by atoms with E-state index in [1.807, 2.05) is 6.07 Å². The predicted octanol–water partition coefficient (Wildman–Crippen LogP) is 2.64. The first-order valence-electron chi connectivity index (χ1n) is 7.95. The standard InChI is InChI=1S/C17H17N5OS/c23-14(8-24-17-15-16(19-9-18-15)20-10-21-17)22-13-7-3-5-11-4-1-2-6-12(11)13/h1-2,4,6,9-10,13H,3,5,7-8H2,(H,22,23)(H,18,19,20,21). The fourth-order valence-corrected chi connectivity index (χ4v) is 3.89. The van der Waals surface area contributed by atoms with Crippen molar-refractivity contribution in [3.8, 4) is 0 Å². The molecule has 1 amide bonds. The molecule has 1 aromatic carbocycles. The Morgan fingerprint density at radius 2 is 2.21 bits per heavy atom. The van der Waals surface area contributed by atoms with Gasteiger partial charge in [-0.1, -0.05) is 36.0 Å². The molecule has 0 spiro atoms. The molecule has 0 fully saturated rings. The van der Waals surface area contributed by atoms with Gasteiger partial charge in [-0.05, 0) is 30.4 Å². The minimum atomic E-state index is 0.0213. The van der Waals surface area contributed by atoms with E-state index in [0.29, 0.717) is 11.4 Å². The van der Waals surface area contributed by atoms with E-state index in [4.69, 9.17) is 0 Å². The molecule has 0 saturated carbocycles. The highest BCUT2D eigenvalue weighted by atomic mass is 32.2. The lowest BCUT2D eigenvalue weighted by atomic mass is 9.88. The third kappa shape index (κ3) is 2.99. The fraction of sp³-hybridized carbons (Fsp3) is 0.294. The van der Waals surface area contributed by atoms with Crippen molar-refractivity contribution >= 4 is 28.8 Å². The quantitative estimate of drug-likeness (QED) is 0.564. The topological polar surface area (TPSA) is 83.6 Å². The van der Waals surface area contributed by atoms with Crippen molar-refractivity contribution in [2.24, 2.45) is 0 Å². The van der Waals surface area contributed by atoms with E-state index in [1.54, 1.807) is 6.33 Å². The van der Waals surface area contributed by atoms with Crippen LogP contribution in [0, 0.1) is 0 Å². The van der Waals surface area contributed by atoms with E-state index in [0.717, 1.165) is 29.8 Å². The number of carbonyl (C=O) groups is 1. The van der Waals surface area contributed by atoms with Crippen LogP contribution >= 0.6 is 11.8 Å². The number of benzene rings is 1. The molecule has 2 N–H and O–H groups in total. The Bertz CT molecular complexity index is 878. The van der Waals surface area contributed by atoms with E-state index in [9.17, 15) is 4.79 Å². The first-order chi connectivity index (χ1) is 11.8. The van der Waals surface area contributed by atoms with Crippen LogP contribution in [0.15, 0.2) is 41.9 Å². The normalized spacial score (nSPS) is 16.8. The van der Waals surface area contributed by atoms with Gasteiger partial charge in [-0.25, -0.2) is 15.0 Å². The molecule has 3 aromatic rings. The largest absolute Gasteiger partial charge is 0.349 e. The number of carbonyl (C=O) groups excluding carboxylic acids is 1. The number of aryl methyl sites for hydroxylation is 1. The summed E-state index contributed by atoms with van der Waals surface area (Å²) in [4.78, 5) is 27.8. The highest BCUT2D eigenvalue weighted by Crippen LogP contribution is 2.29. The van der Waals surface area contributed by atoms with Gasteiger partial charge in [0.2, 0.25) is 5.91 Å². The number of amides is 1. The number of hydrogen-bond donors (Lipinski definition) is 2. The minimum absolute atomic E-state index is 0.0213. The van der Waals surface area contributed by atoms with Crippen LogP contribution in [0.3, 0.4) is 0 Å². The van der Waals surface area contributed by atoms with Crippen LogP contribution in [0.4, 0.5) is 0 Å². The Labute approximate surface area is 143 Å². The van der Waals surface area contributed by atoms with Crippen molar-refractivity contribution < 1.29 is 4.79 Å². The maximum atomic E-state index is 12.4. The van der Waals surface area contributed by atoms with Crippen molar-refractivity contribution in [3.05, 3.63) is 48.0 Å². The van der Waals surface area contributed by atoms with E-state index >= 15 is 0 Å². The minimum Gasteiger partial charge on any atom is -0.349 e. The van der Waals surface area contributed by atoms with Crippen LogP contribution in [0.2, 0.25) is 0 Å². The lowest BCUT2D eigenvalue weighted by Crippen LogP contribution is -2.32. The highest BCUT2D eigenvalue weighted by molar-refractivity contribution is 8.00. The van der Waals surface area contributed by atoms with E-state index in [-0.39, 0.29) is 11.9 Å². The van der Waals surface area contributed by atoms with Crippen molar-refractivity contribution in [1.82, 2.24) is 25.3 Å². The summed E-state index contributed by atoms with van der Waals surface area (Å²) in [5.74, 6) is 0.344. The maximum absolute atomic E-state index is 12.4. The molecule has 2 heterocycles. The van der Waals surface area contributed by atoms with Crippen LogP contribution in [-0.4, -0.2) is 31.6 Å². The third-order valence-corrected chi connectivity index (χ3v) is 5.22. The van der Waals surface area contributed by atoms with Gasteiger partial charge in [-0.3, -0.25) is 4.79 Å². The number of rotatable bonds is 4. The predicted molar refractivity (Wildman–Crippen MR) is 92.7 cm³/mol. The molecular formula is C17H17N5OS. The van der Waals surface area contributed by atoms with Crippen LogP contribution in [0.5, 0.6) is 0 Å². The average Bonchev–Trinajstić information content (AvgIpc) is 3.09. The summed E-state index contributed by atoms with van der Waals surface area (Å²) < 4.78 is 0. The number of aromatic amines is 1. The first-order valence-corrected chi connectivity index (χ1v) is 8.94. The zero-order valence-electron chi connectivity index (χ0n) is 13.0. The molecule has 0 saturated heterocycles. The van der Waals surface area contributed by atoms with Crippen LogP contribution in [0.1, 0.15) is 30.0 Å². The molecule has 0 bridgehead atoms. The number of nitrogens with zero attached hydrogens (tertiary/aromatic N) is 3. The number of fused-ring (bicyclic) bond motifs is 2. The molecule has 1 aliphatic rings. The number of imidazole rings is 1. The third-order valence-electron chi connectivity index (χ3n) is 4.23. The lowest BCUT2D eigenvalue weighted by molar-refractivity contribution is -0.119.